The number of benzene rings is 1. The van der Waals surface area contributed by atoms with E-state index in [1.54, 1.807) is 32.2 Å². The number of ether oxygens (including phenoxy) is 1. The van der Waals surface area contributed by atoms with E-state index >= 15 is 0 Å². The Balaban J connectivity index is 2.65. The number of aryl methyl sites for hydroxylation is 1. The summed E-state index contributed by atoms with van der Waals surface area (Å²) < 4.78 is 18.4. The highest BCUT2D eigenvalue weighted by Crippen LogP contribution is 2.23. The van der Waals surface area contributed by atoms with Crippen molar-refractivity contribution in [1.82, 2.24) is 0 Å². The largest absolute Gasteiger partial charge is 0.388 e. The minimum absolute atomic E-state index is 0.303. The molecule has 1 rings (SSSR count). The van der Waals surface area contributed by atoms with Gasteiger partial charge in [-0.05, 0) is 25.3 Å². The van der Waals surface area contributed by atoms with E-state index in [4.69, 9.17) is 4.74 Å². The van der Waals surface area contributed by atoms with Gasteiger partial charge in [-0.3, -0.25) is 0 Å². The van der Waals surface area contributed by atoms with Crippen molar-refractivity contribution in [3.63, 3.8) is 0 Å². The van der Waals surface area contributed by atoms with Gasteiger partial charge in [-0.25, -0.2) is 4.39 Å². The molecule has 1 aromatic carbocycles. The molecule has 0 radical (unpaired) electrons. The normalized spacial score (nSPS) is 12.8. The topological polar surface area (TPSA) is 29.5 Å². The van der Waals surface area contributed by atoms with Gasteiger partial charge in [0, 0.05) is 19.3 Å². The predicted molar refractivity (Wildman–Crippen MR) is 57.2 cm³/mol. The summed E-state index contributed by atoms with van der Waals surface area (Å²) in [5, 5.41) is 9.76. The monoisotopic (exact) mass is 212 g/mol. The molecule has 2 nitrogen and oxygen atoms in total. The molecule has 1 aromatic rings. The lowest BCUT2D eigenvalue weighted by Crippen LogP contribution is -2.03. The van der Waals surface area contributed by atoms with Crippen LogP contribution in [0.2, 0.25) is 0 Å². The van der Waals surface area contributed by atoms with Gasteiger partial charge in [-0.2, -0.15) is 0 Å². The van der Waals surface area contributed by atoms with Crippen molar-refractivity contribution in [2.24, 2.45) is 0 Å². The van der Waals surface area contributed by atoms with E-state index < -0.39 is 6.10 Å². The Labute approximate surface area is 89.7 Å². The van der Waals surface area contributed by atoms with Crippen LogP contribution in [-0.2, 0) is 4.74 Å². The van der Waals surface area contributed by atoms with Crippen LogP contribution in [0.5, 0.6) is 0 Å². The molecule has 1 unspecified atom stereocenters. The summed E-state index contributed by atoms with van der Waals surface area (Å²) in [5.74, 6) is -0.303. The molecule has 1 N–H and O–H groups in total. The first kappa shape index (κ1) is 12.1. The highest BCUT2D eigenvalue weighted by Gasteiger charge is 2.13. The van der Waals surface area contributed by atoms with Crippen LogP contribution in [-0.4, -0.2) is 18.8 Å². The predicted octanol–water partition coefficient (Wildman–Crippen LogP) is 2.59. The zero-order chi connectivity index (χ0) is 11.3. The van der Waals surface area contributed by atoms with E-state index in [1.807, 2.05) is 0 Å². The summed E-state index contributed by atoms with van der Waals surface area (Å²) in [6.07, 6.45) is 0.513. The van der Waals surface area contributed by atoms with Crippen molar-refractivity contribution >= 4 is 0 Å². The third-order valence-corrected chi connectivity index (χ3v) is 2.41. The zero-order valence-corrected chi connectivity index (χ0v) is 9.16. The summed E-state index contributed by atoms with van der Waals surface area (Å²) in [6, 6.07) is 5.08. The fourth-order valence-electron chi connectivity index (χ4n) is 1.50. The van der Waals surface area contributed by atoms with Crippen LogP contribution in [0.1, 0.15) is 30.1 Å². The Kier molecular flexibility index (Phi) is 4.72. The SMILES string of the molecule is COCCCC(O)c1cccc(C)c1F. The van der Waals surface area contributed by atoms with Crippen molar-refractivity contribution in [2.45, 2.75) is 25.9 Å². The lowest BCUT2D eigenvalue weighted by molar-refractivity contribution is 0.133. The quantitative estimate of drug-likeness (QED) is 0.760. The molecule has 0 spiro atoms. The van der Waals surface area contributed by atoms with E-state index in [9.17, 15) is 9.50 Å². The van der Waals surface area contributed by atoms with E-state index in [0.717, 1.165) is 6.42 Å². The first-order valence-electron chi connectivity index (χ1n) is 5.09. The summed E-state index contributed by atoms with van der Waals surface area (Å²) >= 11 is 0. The molecule has 0 heterocycles. The molecule has 0 saturated carbocycles. The van der Waals surface area contributed by atoms with Crippen LogP contribution in [0.4, 0.5) is 4.39 Å². The van der Waals surface area contributed by atoms with Crippen molar-refractivity contribution in [3.8, 4) is 0 Å². The lowest BCUT2D eigenvalue weighted by atomic mass is 10.0. The average molecular weight is 212 g/mol. The van der Waals surface area contributed by atoms with E-state index in [0.29, 0.717) is 24.2 Å². The Morgan fingerprint density at radius 1 is 1.47 bits per heavy atom. The van der Waals surface area contributed by atoms with Crippen molar-refractivity contribution in [3.05, 3.63) is 35.1 Å². The number of hydrogen-bond acceptors (Lipinski definition) is 2. The van der Waals surface area contributed by atoms with E-state index in [2.05, 4.69) is 0 Å². The standard InChI is InChI=1S/C12H17FO2/c1-9-5-3-6-10(12(9)13)11(14)7-4-8-15-2/h3,5-6,11,14H,4,7-8H2,1-2H3. The number of aliphatic hydroxyl groups excluding tert-OH is 1. The molecule has 3 heteroatoms. The molecule has 0 aromatic heterocycles. The molecule has 0 fully saturated rings. The second kappa shape index (κ2) is 5.83. The molecule has 0 bridgehead atoms. The minimum Gasteiger partial charge on any atom is -0.388 e. The van der Waals surface area contributed by atoms with Crippen LogP contribution in [0.25, 0.3) is 0 Å². The zero-order valence-electron chi connectivity index (χ0n) is 9.16. The van der Waals surface area contributed by atoms with Gasteiger partial charge in [0.1, 0.15) is 5.82 Å². The Hall–Kier alpha value is -0.930. The van der Waals surface area contributed by atoms with Gasteiger partial charge in [0.15, 0.2) is 0 Å². The maximum absolute atomic E-state index is 13.6. The Morgan fingerprint density at radius 2 is 2.20 bits per heavy atom. The second-order valence-corrected chi connectivity index (χ2v) is 3.63. The lowest BCUT2D eigenvalue weighted by Gasteiger charge is -2.12. The molecular weight excluding hydrogens is 195 g/mol. The molecule has 1 atom stereocenters. The van der Waals surface area contributed by atoms with Gasteiger partial charge in [0.2, 0.25) is 0 Å². The molecule has 15 heavy (non-hydrogen) atoms. The number of rotatable bonds is 5. The highest BCUT2D eigenvalue weighted by atomic mass is 19.1. The van der Waals surface area contributed by atoms with Crippen LogP contribution in [0.3, 0.4) is 0 Å². The van der Waals surface area contributed by atoms with Crippen LogP contribution >= 0.6 is 0 Å². The second-order valence-electron chi connectivity index (χ2n) is 3.63. The van der Waals surface area contributed by atoms with Crippen LogP contribution < -0.4 is 0 Å². The molecule has 0 amide bonds. The van der Waals surface area contributed by atoms with Crippen molar-refractivity contribution in [1.29, 1.82) is 0 Å². The molecular formula is C12H17FO2. The number of hydrogen-bond donors (Lipinski definition) is 1. The number of halogens is 1. The molecule has 0 aliphatic heterocycles. The van der Waals surface area contributed by atoms with Crippen molar-refractivity contribution in [2.75, 3.05) is 13.7 Å². The first-order valence-corrected chi connectivity index (χ1v) is 5.09. The van der Waals surface area contributed by atoms with Crippen LogP contribution in [0, 0.1) is 12.7 Å². The number of methoxy groups -OCH3 is 1. The fraction of sp³-hybridized carbons (Fsp3) is 0.500. The highest BCUT2D eigenvalue weighted by molar-refractivity contribution is 5.26. The maximum atomic E-state index is 13.6. The Morgan fingerprint density at radius 3 is 2.87 bits per heavy atom. The smallest absolute Gasteiger partial charge is 0.131 e. The summed E-state index contributed by atoms with van der Waals surface area (Å²) in [7, 11) is 1.61. The summed E-state index contributed by atoms with van der Waals surface area (Å²) in [5.41, 5.74) is 0.949. The van der Waals surface area contributed by atoms with E-state index in [-0.39, 0.29) is 5.82 Å². The molecule has 0 aliphatic rings. The molecule has 0 aliphatic carbocycles. The maximum Gasteiger partial charge on any atom is 0.131 e. The third-order valence-electron chi connectivity index (χ3n) is 2.41. The average Bonchev–Trinajstić information content (AvgIpc) is 2.22. The molecule has 84 valence electrons. The van der Waals surface area contributed by atoms with Gasteiger partial charge < -0.3 is 9.84 Å². The summed E-state index contributed by atoms with van der Waals surface area (Å²) in [6.45, 7) is 2.28. The molecule has 0 saturated heterocycles. The third kappa shape index (κ3) is 3.29. The minimum atomic E-state index is -0.736. The number of aliphatic hydroxyl groups is 1. The first-order chi connectivity index (χ1) is 7.16. The Bertz CT molecular complexity index is 312. The summed E-state index contributed by atoms with van der Waals surface area (Å²) in [4.78, 5) is 0. The van der Waals surface area contributed by atoms with E-state index in [1.165, 1.54) is 0 Å². The van der Waals surface area contributed by atoms with Gasteiger partial charge in [-0.1, -0.05) is 18.2 Å². The van der Waals surface area contributed by atoms with Gasteiger partial charge in [-0.15, -0.1) is 0 Å². The van der Waals surface area contributed by atoms with Crippen molar-refractivity contribution < 1.29 is 14.2 Å². The van der Waals surface area contributed by atoms with Gasteiger partial charge in [0.05, 0.1) is 6.10 Å². The van der Waals surface area contributed by atoms with Gasteiger partial charge in [0.25, 0.3) is 0 Å². The fourth-order valence-corrected chi connectivity index (χ4v) is 1.50. The van der Waals surface area contributed by atoms with Crippen LogP contribution in [0.15, 0.2) is 18.2 Å². The van der Waals surface area contributed by atoms with Gasteiger partial charge >= 0.3 is 0 Å².